The molecule has 0 amide bonds. The number of aliphatic hydroxyl groups excluding tert-OH is 1. The molecule has 0 bridgehead atoms. The Bertz CT molecular complexity index is 2990. The van der Waals surface area contributed by atoms with Gasteiger partial charge >= 0.3 is 53.4 Å². The van der Waals surface area contributed by atoms with Crippen molar-refractivity contribution in [3.63, 3.8) is 0 Å². The molecule has 1 unspecified atom stereocenters. The number of carbonyl (C=O) groups is 5. The fraction of sp³-hybridized carbons (Fsp3) is 0.323. The van der Waals surface area contributed by atoms with Crippen LogP contribution in [0.15, 0.2) is 138 Å². The Kier molecular flexibility index (Phi) is 29.7. The minimum atomic E-state index is -0.639. The number of aliphatic hydroxyl groups is 1. The Balaban J connectivity index is 0.000000332. The first kappa shape index (κ1) is 67.1. The number of nitrogens with zero attached hydrogens (tertiary/aromatic N) is 1. The van der Waals surface area contributed by atoms with Gasteiger partial charge in [0.1, 0.15) is 23.1 Å². The van der Waals surface area contributed by atoms with E-state index >= 15 is 0 Å². The molecule has 0 spiro atoms. The van der Waals surface area contributed by atoms with Gasteiger partial charge in [0.05, 0.1) is 17.9 Å². The van der Waals surface area contributed by atoms with Crippen LogP contribution in [0.2, 0.25) is 0 Å². The van der Waals surface area contributed by atoms with Crippen molar-refractivity contribution in [2.75, 3.05) is 20.3 Å². The molecule has 1 N–H and O–H groups in total. The molecule has 80 heavy (non-hydrogen) atoms. The van der Waals surface area contributed by atoms with Crippen LogP contribution in [-0.2, 0) is 67.1 Å². The van der Waals surface area contributed by atoms with Crippen LogP contribution < -0.4 is 39.0 Å². The van der Waals surface area contributed by atoms with Gasteiger partial charge in [-0.05, 0) is 183 Å². The monoisotopic (exact) mass is 1110 g/mol. The van der Waals surface area contributed by atoms with Crippen molar-refractivity contribution in [2.24, 2.45) is 4.99 Å². The summed E-state index contributed by atoms with van der Waals surface area (Å²) in [6, 6.07) is 41.5. The third-order valence-electron chi connectivity index (χ3n) is 11.5. The van der Waals surface area contributed by atoms with E-state index in [2.05, 4.69) is 58.9 Å². The van der Waals surface area contributed by atoms with Gasteiger partial charge in [-0.2, -0.15) is 0 Å². The van der Waals surface area contributed by atoms with Gasteiger partial charge in [-0.25, -0.2) is 37.7 Å². The maximum atomic E-state index is 13.7. The molecule has 0 aliphatic heterocycles. The van der Waals surface area contributed by atoms with E-state index in [0.29, 0.717) is 17.4 Å². The van der Waals surface area contributed by atoms with E-state index in [9.17, 15) is 32.8 Å². The van der Waals surface area contributed by atoms with E-state index in [1.165, 1.54) is 41.3 Å². The van der Waals surface area contributed by atoms with Crippen molar-refractivity contribution in [1.82, 2.24) is 0 Å². The van der Waals surface area contributed by atoms with Crippen molar-refractivity contribution in [1.29, 1.82) is 0 Å². The predicted molar refractivity (Wildman–Crippen MR) is 298 cm³/mol. The van der Waals surface area contributed by atoms with Crippen LogP contribution in [0.25, 0.3) is 22.3 Å². The van der Waals surface area contributed by atoms with E-state index in [1.54, 1.807) is 44.2 Å². The summed E-state index contributed by atoms with van der Waals surface area (Å²) >= 11 is 0. The SMILES string of the molecule is CC(=O)OOC(C)=O.CC(C)OC(=O)COc1cccc(CC2CCCc3ccc(-c4cccc(F)c4)cc32)c1.CC(C)OC(=O)COc1cccc(N=C2CCCc3ccc(-c4cccc(F)c4)cc32)c1.CO.[B-]OC(C)=O.[Na+]. The van der Waals surface area contributed by atoms with Crippen LogP contribution in [0.1, 0.15) is 108 Å². The van der Waals surface area contributed by atoms with E-state index in [4.69, 9.17) is 29.0 Å². The van der Waals surface area contributed by atoms with Crippen molar-refractivity contribution in [2.45, 2.75) is 112 Å². The fourth-order valence-corrected chi connectivity index (χ4v) is 8.41. The van der Waals surface area contributed by atoms with Crippen molar-refractivity contribution in [3.05, 3.63) is 173 Å². The second kappa shape index (κ2) is 35.4. The first-order valence-electron chi connectivity index (χ1n) is 25.7. The summed E-state index contributed by atoms with van der Waals surface area (Å²) in [5, 5.41) is 7.00. The quantitative estimate of drug-likeness (QED) is 0.0501. The molecule has 2 aliphatic carbocycles. The molecule has 3 radical (unpaired) electrons. The molecule has 6 aromatic rings. The number of esters is 2. The Labute approximate surface area is 490 Å². The molecule has 8 rings (SSSR count). The first-order chi connectivity index (χ1) is 37.8. The van der Waals surface area contributed by atoms with Crippen LogP contribution in [0.5, 0.6) is 11.5 Å². The van der Waals surface area contributed by atoms with Gasteiger partial charge in [0, 0.05) is 39.7 Å². The van der Waals surface area contributed by atoms with Gasteiger partial charge in [-0.15, -0.1) is 0 Å². The fourth-order valence-electron chi connectivity index (χ4n) is 8.41. The maximum absolute atomic E-state index is 13.7. The summed E-state index contributed by atoms with van der Waals surface area (Å²) in [4.78, 5) is 65.2. The summed E-state index contributed by atoms with van der Waals surface area (Å²) in [6.07, 6.45) is 6.82. The number of hydrogen-bond acceptors (Lipinski definition) is 14. The molecule has 417 valence electrons. The minimum absolute atomic E-state index is 0. The molecule has 1 atom stereocenters. The van der Waals surface area contributed by atoms with Crippen LogP contribution >= 0.6 is 0 Å². The number of aryl methyl sites for hydroxylation is 2. The molecule has 18 heteroatoms. The van der Waals surface area contributed by atoms with Crippen molar-refractivity contribution < 1.29 is 101 Å². The molecular formula is C62H68BF2NNaO13. The van der Waals surface area contributed by atoms with E-state index < -0.39 is 23.9 Å². The van der Waals surface area contributed by atoms with Gasteiger partial charge in [0.25, 0.3) is 0 Å². The van der Waals surface area contributed by atoms with Gasteiger partial charge in [-0.3, -0.25) is 9.79 Å². The second-order valence-corrected chi connectivity index (χ2v) is 18.6. The van der Waals surface area contributed by atoms with Gasteiger partial charge < -0.3 is 36.8 Å². The van der Waals surface area contributed by atoms with Crippen molar-refractivity contribution in [3.8, 4) is 33.8 Å². The second-order valence-electron chi connectivity index (χ2n) is 18.6. The third kappa shape index (κ3) is 24.0. The van der Waals surface area contributed by atoms with Gasteiger partial charge in [-0.1, -0.05) is 72.8 Å². The first-order valence-corrected chi connectivity index (χ1v) is 25.7. The van der Waals surface area contributed by atoms with Gasteiger partial charge in [0.15, 0.2) is 13.2 Å². The molecule has 0 saturated carbocycles. The van der Waals surface area contributed by atoms with Crippen LogP contribution in [0.4, 0.5) is 14.5 Å². The molecular weight excluding hydrogens is 1040 g/mol. The van der Waals surface area contributed by atoms with E-state index in [0.717, 1.165) is 105 Å². The Morgan fingerprint density at radius 1 is 0.588 bits per heavy atom. The zero-order valence-corrected chi connectivity index (χ0v) is 48.9. The minimum Gasteiger partial charge on any atom is -0.793 e. The predicted octanol–water partition coefficient (Wildman–Crippen LogP) is 9.04. The number of fused-ring (bicyclic) bond motifs is 2. The molecule has 14 nitrogen and oxygen atoms in total. The number of rotatable bonds is 13. The van der Waals surface area contributed by atoms with Crippen molar-refractivity contribution >= 4 is 49.3 Å². The van der Waals surface area contributed by atoms with Gasteiger partial charge in [0.2, 0.25) is 5.97 Å². The number of benzene rings is 6. The Morgan fingerprint density at radius 3 is 1.60 bits per heavy atom. The summed E-state index contributed by atoms with van der Waals surface area (Å²) in [7, 11) is 5.32. The average Bonchev–Trinajstić information content (AvgIpc) is 3.52. The van der Waals surface area contributed by atoms with E-state index in [1.807, 2.05) is 68.4 Å². The number of halogens is 2. The molecule has 0 heterocycles. The number of aliphatic imine (C=N–C) groups is 1. The van der Waals surface area contributed by atoms with Crippen LogP contribution in [0, 0.1) is 11.6 Å². The molecule has 0 saturated heterocycles. The van der Waals surface area contributed by atoms with Crippen LogP contribution in [-0.4, -0.2) is 81.2 Å². The number of carbonyl (C=O) groups excluding carboxylic acids is 5. The van der Waals surface area contributed by atoms with Crippen LogP contribution in [0.3, 0.4) is 0 Å². The summed E-state index contributed by atoms with van der Waals surface area (Å²) in [5.41, 5.74) is 11.8. The third-order valence-corrected chi connectivity index (χ3v) is 11.5. The summed E-state index contributed by atoms with van der Waals surface area (Å²) in [6.45, 7) is 10.5. The number of ether oxygens (including phenoxy) is 4. The Morgan fingerprint density at radius 2 is 1.07 bits per heavy atom. The Hall–Kier alpha value is -7.18. The largest absolute Gasteiger partial charge is 1.00 e. The smallest absolute Gasteiger partial charge is 0.793 e. The molecule has 2 aliphatic rings. The molecule has 0 aromatic heterocycles. The average molecular weight is 1110 g/mol. The molecule has 0 fully saturated rings. The topological polar surface area (TPSA) is 183 Å². The standard InChI is InChI=1S/C28H29FO3.C27H26FNO3.C4H6O4.C2H3BO2.CH4O.Na/c1-19(2)32-28(30)18-31-26-11-3-6-20(15-26)14-24-9-4-7-21-12-13-23(17-27(21)24)22-8-5-10-25(29)16-22;1-18(2)32-27(30)17-31-24-10-5-9-23(16-24)29-26-11-4-6-19-12-13-21(15-25(19)26)20-7-3-8-22(28)14-20;1-3(5)7-8-4(2)6;1-2(4)5-3;1-2;/h3,5-6,8,10-13,15-17,19,24H,4,7,9,14,18H2,1-2H3;3,5,7-10,12-16,18H,4,6,11,17H2,1-2H3;1-2H3;1H3;2H,1H3;/q;;;-1;;+1. The summed E-state index contributed by atoms with van der Waals surface area (Å²) < 4.78 is 52.5. The van der Waals surface area contributed by atoms with E-state index in [-0.39, 0.29) is 72.6 Å². The summed E-state index contributed by atoms with van der Waals surface area (Å²) in [5.74, 6) is -1.34. The normalized spacial score (nSPS) is 13.1. The maximum Gasteiger partial charge on any atom is 1.00 e. The number of hydrogen-bond donors (Lipinski definition) is 1. The molecule has 6 aromatic carbocycles. The zero-order valence-electron chi connectivity index (χ0n) is 46.9. The zero-order chi connectivity index (χ0) is 57.9.